The molecule has 0 amide bonds. The first-order valence-corrected chi connectivity index (χ1v) is 10.2. The van der Waals surface area contributed by atoms with Crippen LogP contribution < -0.4 is 103 Å². The number of hydrogen-bond donors (Lipinski definition) is 6. The van der Waals surface area contributed by atoms with Crippen molar-refractivity contribution in [3.05, 3.63) is 0 Å². The van der Waals surface area contributed by atoms with Crippen LogP contribution in [0.5, 0.6) is 0 Å². The standard InChI is InChI=1S/C6H15O15P3.3Na/c7-1-2(8)4(19-22(10,11)12)6(21-24(16,17)18)5(3(1)9)20-23(13,14)15;;;/h1-9H,(H2,10,11,12)(H2,13,14,15)(H2,16,17,18);;;/q;3*+1/p-3. The van der Waals surface area contributed by atoms with E-state index >= 15 is 0 Å². The molecule has 0 aromatic carbocycles. The maximum Gasteiger partial charge on any atom is 1.00 e. The van der Waals surface area contributed by atoms with Crippen molar-refractivity contribution in [3.63, 3.8) is 0 Å². The van der Waals surface area contributed by atoms with Crippen molar-refractivity contribution in [1.29, 1.82) is 0 Å². The van der Waals surface area contributed by atoms with Gasteiger partial charge in [0.2, 0.25) is 0 Å². The molecule has 0 spiro atoms. The van der Waals surface area contributed by atoms with Crippen LogP contribution in [0.25, 0.3) is 0 Å². The molecule has 0 radical (unpaired) electrons. The Hall–Kier alpha value is 3.21. The Morgan fingerprint density at radius 2 is 0.778 bits per heavy atom. The Morgan fingerprint density at radius 1 is 0.556 bits per heavy atom. The number of hydrogen-bond acceptors (Lipinski definition) is 12. The van der Waals surface area contributed by atoms with Crippen LogP contribution >= 0.6 is 23.5 Å². The summed E-state index contributed by atoms with van der Waals surface area (Å²) < 4.78 is 44.1. The smallest absolute Gasteiger partial charge is 0.756 e. The van der Waals surface area contributed by atoms with Crippen LogP contribution in [-0.2, 0) is 27.3 Å². The molecule has 0 heterocycles. The Kier molecular flexibility index (Phi) is 16.8. The minimum absolute atomic E-state index is 0. The second-order valence-electron chi connectivity index (χ2n) is 4.59. The summed E-state index contributed by atoms with van der Waals surface area (Å²) in [7, 11) is -17.2. The molecule has 27 heavy (non-hydrogen) atoms. The molecule has 144 valence electrons. The van der Waals surface area contributed by atoms with Crippen molar-refractivity contribution in [2.75, 3.05) is 0 Å². The Balaban J connectivity index is -0.00000192. The number of phosphoric acid groups is 3. The van der Waals surface area contributed by atoms with Crippen molar-refractivity contribution < 1.29 is 161 Å². The van der Waals surface area contributed by atoms with Gasteiger partial charge in [0.15, 0.2) is 0 Å². The Bertz CT molecular complexity index is 549. The molecule has 15 nitrogen and oxygen atoms in total. The monoisotopic (exact) mass is 486 g/mol. The molecule has 1 saturated carbocycles. The van der Waals surface area contributed by atoms with Gasteiger partial charge >= 0.3 is 88.7 Å². The van der Waals surface area contributed by atoms with E-state index in [4.69, 9.17) is 14.7 Å². The molecular formula is C6H12Na3O15P3. The zero-order valence-corrected chi connectivity index (χ0v) is 22.8. The number of phosphoric ester groups is 3. The second kappa shape index (κ2) is 13.0. The first kappa shape index (κ1) is 34.8. The quantitative estimate of drug-likeness (QED) is 0.150. The molecular weight excluding hydrogens is 474 g/mol. The first-order valence-electron chi connectivity index (χ1n) is 5.72. The van der Waals surface area contributed by atoms with Gasteiger partial charge in [0, 0.05) is 0 Å². The summed E-state index contributed by atoms with van der Waals surface area (Å²) >= 11 is 0. The van der Waals surface area contributed by atoms with Gasteiger partial charge < -0.3 is 58.3 Å². The topological polar surface area (TPSA) is 269 Å². The fraction of sp³-hybridized carbons (Fsp3) is 1.00. The van der Waals surface area contributed by atoms with Crippen LogP contribution in [-0.4, -0.2) is 66.6 Å². The van der Waals surface area contributed by atoms with Gasteiger partial charge in [-0.15, -0.1) is 0 Å². The van der Waals surface area contributed by atoms with E-state index in [1.54, 1.807) is 0 Å². The van der Waals surface area contributed by atoms with Gasteiger partial charge in [0.1, 0.15) is 36.6 Å². The molecule has 1 aliphatic carbocycles. The van der Waals surface area contributed by atoms with Crippen LogP contribution in [0, 0.1) is 0 Å². The van der Waals surface area contributed by atoms with Crippen LogP contribution in [0.3, 0.4) is 0 Å². The predicted molar refractivity (Wildman–Crippen MR) is 62.1 cm³/mol. The molecule has 0 bridgehead atoms. The minimum atomic E-state index is -5.77. The van der Waals surface area contributed by atoms with Crippen LogP contribution in [0.15, 0.2) is 0 Å². The fourth-order valence-electron chi connectivity index (χ4n) is 1.99. The minimum Gasteiger partial charge on any atom is -0.756 e. The molecule has 0 aromatic heterocycles. The molecule has 21 heteroatoms. The second-order valence-corrected chi connectivity index (χ2v) is 8.03. The van der Waals surface area contributed by atoms with Crippen molar-refractivity contribution in [1.82, 2.24) is 0 Å². The molecule has 6 N–H and O–H groups in total. The number of rotatable bonds is 6. The normalized spacial score (nSPS) is 37.2. The van der Waals surface area contributed by atoms with E-state index in [1.165, 1.54) is 0 Å². The van der Waals surface area contributed by atoms with E-state index < -0.39 is 60.1 Å². The molecule has 1 rings (SSSR count). The Morgan fingerprint density at radius 3 is 1.00 bits per heavy atom. The summed E-state index contributed by atoms with van der Waals surface area (Å²) in [5, 5.41) is 28.8. The molecule has 0 saturated heterocycles. The average Bonchev–Trinajstić information content (AvgIpc) is 2.32. The van der Waals surface area contributed by atoms with Crippen LogP contribution in [0.1, 0.15) is 0 Å². The van der Waals surface area contributed by atoms with E-state index in [9.17, 15) is 43.7 Å². The van der Waals surface area contributed by atoms with Crippen molar-refractivity contribution >= 4 is 23.5 Å². The van der Waals surface area contributed by atoms with Crippen molar-refractivity contribution in [2.24, 2.45) is 0 Å². The van der Waals surface area contributed by atoms with E-state index in [-0.39, 0.29) is 88.7 Å². The first-order chi connectivity index (χ1) is 10.5. The molecule has 1 aliphatic rings. The van der Waals surface area contributed by atoms with E-state index in [1.807, 2.05) is 0 Å². The van der Waals surface area contributed by atoms with Crippen LogP contribution in [0.4, 0.5) is 0 Å². The zero-order chi connectivity index (χ0) is 19.1. The molecule has 1 fully saturated rings. The summed E-state index contributed by atoms with van der Waals surface area (Å²) in [6.45, 7) is 0. The Labute approximate surface area is 218 Å². The summed E-state index contributed by atoms with van der Waals surface area (Å²) in [6.07, 6.45) is -15.0. The van der Waals surface area contributed by atoms with E-state index in [2.05, 4.69) is 13.6 Å². The maximum absolute atomic E-state index is 10.8. The zero-order valence-electron chi connectivity index (χ0n) is 14.2. The van der Waals surface area contributed by atoms with Gasteiger partial charge in [-0.1, -0.05) is 0 Å². The average molecular weight is 486 g/mol. The van der Waals surface area contributed by atoms with Crippen LogP contribution in [0.2, 0.25) is 0 Å². The summed E-state index contributed by atoms with van der Waals surface area (Å²) in [5.41, 5.74) is 0. The third-order valence-corrected chi connectivity index (χ3v) is 4.31. The van der Waals surface area contributed by atoms with E-state index in [0.717, 1.165) is 0 Å². The fourth-order valence-corrected chi connectivity index (χ4v) is 3.64. The molecule has 0 aromatic rings. The van der Waals surface area contributed by atoms with Gasteiger partial charge in [-0.2, -0.15) is 0 Å². The summed E-state index contributed by atoms with van der Waals surface area (Å²) in [4.78, 5) is 58.3. The van der Waals surface area contributed by atoms with Gasteiger partial charge in [-0.3, -0.25) is 13.7 Å². The van der Waals surface area contributed by atoms with Gasteiger partial charge in [0.05, 0.1) is 0 Å². The number of aliphatic hydroxyl groups excluding tert-OH is 3. The maximum atomic E-state index is 10.8. The predicted octanol–water partition coefficient (Wildman–Crippen LogP) is -14.4. The molecule has 7 unspecified atom stereocenters. The van der Waals surface area contributed by atoms with Crippen molar-refractivity contribution in [3.8, 4) is 0 Å². The van der Waals surface area contributed by atoms with Gasteiger partial charge in [0.25, 0.3) is 23.5 Å². The molecule has 7 atom stereocenters. The largest absolute Gasteiger partial charge is 1.00 e. The number of aliphatic hydroxyl groups is 3. The third-order valence-electron chi connectivity index (χ3n) is 2.79. The SMILES string of the molecule is O=P([O-])(O)OC1C(O)C(O)C(O)C(OP(=O)([O-])O)C1OP(=O)([O-])O.[Na+].[Na+].[Na+]. The van der Waals surface area contributed by atoms with E-state index in [0.29, 0.717) is 0 Å². The summed E-state index contributed by atoms with van der Waals surface area (Å²) in [5.74, 6) is 0. The van der Waals surface area contributed by atoms with Crippen molar-refractivity contribution in [2.45, 2.75) is 36.6 Å². The van der Waals surface area contributed by atoms with Gasteiger partial charge in [-0.25, -0.2) is 0 Å². The van der Waals surface area contributed by atoms with Gasteiger partial charge in [-0.05, 0) is 0 Å². The summed E-state index contributed by atoms with van der Waals surface area (Å²) in [6, 6.07) is 0. The third kappa shape index (κ3) is 12.1. The molecule has 0 aliphatic heterocycles.